The number of rotatable bonds is 2. The van der Waals surface area contributed by atoms with Crippen LogP contribution in [0.2, 0.25) is 0 Å². The van der Waals surface area contributed by atoms with Crippen molar-refractivity contribution < 1.29 is 14.6 Å². The second-order valence-corrected chi connectivity index (χ2v) is 3.14. The Bertz CT molecular complexity index is 357. The number of carbonyl (C=O) groups excluding carboxylic acids is 1. The molecule has 0 fully saturated rings. The average molecular weight is 177 g/mol. The van der Waals surface area contributed by atoms with Crippen LogP contribution >= 0.6 is 0 Å². The molecule has 0 aromatic heterocycles. The summed E-state index contributed by atoms with van der Waals surface area (Å²) in [5.74, 6) is -0.740. The summed E-state index contributed by atoms with van der Waals surface area (Å²) in [7, 11) is 1.56. The van der Waals surface area contributed by atoms with Crippen molar-refractivity contribution in [2.45, 2.75) is 12.3 Å². The van der Waals surface area contributed by atoms with E-state index in [0.717, 1.165) is 11.1 Å². The van der Waals surface area contributed by atoms with Gasteiger partial charge in [0.15, 0.2) is 0 Å². The van der Waals surface area contributed by atoms with Gasteiger partial charge in [-0.2, -0.15) is 0 Å². The summed E-state index contributed by atoms with van der Waals surface area (Å²) in [6.45, 7) is 0. The highest BCUT2D eigenvalue weighted by Gasteiger charge is 2.27. The number of fused-ring (bicyclic) bond motifs is 1. The molecule has 2 rings (SSSR count). The van der Waals surface area contributed by atoms with Crippen LogP contribution in [0.1, 0.15) is 17.0 Å². The number of carboxylic acids is 1. The minimum Gasteiger partial charge on any atom is -0.549 e. The molecule has 0 aliphatic heterocycles. The van der Waals surface area contributed by atoms with Crippen molar-refractivity contribution in [3.8, 4) is 5.75 Å². The van der Waals surface area contributed by atoms with Crippen LogP contribution in [-0.2, 0) is 11.2 Å². The van der Waals surface area contributed by atoms with Gasteiger partial charge in [-0.15, -0.1) is 0 Å². The Labute approximate surface area is 76.0 Å². The van der Waals surface area contributed by atoms with Gasteiger partial charge in [-0.05, 0) is 29.7 Å². The van der Waals surface area contributed by atoms with Crippen molar-refractivity contribution >= 4 is 5.97 Å². The molecule has 3 heteroatoms. The van der Waals surface area contributed by atoms with Crippen LogP contribution in [0.4, 0.5) is 0 Å². The first-order chi connectivity index (χ1) is 6.22. The molecule has 1 aromatic rings. The van der Waals surface area contributed by atoms with Crippen LogP contribution in [0.3, 0.4) is 0 Å². The van der Waals surface area contributed by atoms with Gasteiger partial charge in [0.05, 0.1) is 7.11 Å². The van der Waals surface area contributed by atoms with Crippen molar-refractivity contribution in [1.29, 1.82) is 0 Å². The van der Waals surface area contributed by atoms with E-state index in [1.807, 2.05) is 12.1 Å². The van der Waals surface area contributed by atoms with Crippen LogP contribution in [0, 0.1) is 0 Å². The molecule has 0 radical (unpaired) electrons. The lowest BCUT2D eigenvalue weighted by Gasteiger charge is -2.31. The maximum Gasteiger partial charge on any atom is 0.119 e. The van der Waals surface area contributed by atoms with E-state index in [2.05, 4.69) is 0 Å². The summed E-state index contributed by atoms with van der Waals surface area (Å²) in [5, 5.41) is 10.6. The zero-order valence-electron chi connectivity index (χ0n) is 7.24. The summed E-state index contributed by atoms with van der Waals surface area (Å²) < 4.78 is 5.00. The Kier molecular flexibility index (Phi) is 1.72. The fourth-order valence-corrected chi connectivity index (χ4v) is 1.62. The molecular formula is C10H9O3-. The topological polar surface area (TPSA) is 49.4 Å². The van der Waals surface area contributed by atoms with Gasteiger partial charge in [-0.3, -0.25) is 0 Å². The average Bonchev–Trinajstić information content (AvgIpc) is 2.06. The molecule has 1 aromatic carbocycles. The number of hydrogen-bond donors (Lipinski definition) is 0. The highest BCUT2D eigenvalue weighted by Crippen LogP contribution is 2.36. The van der Waals surface area contributed by atoms with Crippen molar-refractivity contribution in [1.82, 2.24) is 0 Å². The largest absolute Gasteiger partial charge is 0.549 e. The van der Waals surface area contributed by atoms with Crippen LogP contribution in [0.25, 0.3) is 0 Å². The summed E-state index contributed by atoms with van der Waals surface area (Å²) in [5.41, 5.74) is 1.91. The first-order valence-corrected chi connectivity index (χ1v) is 4.10. The van der Waals surface area contributed by atoms with Crippen LogP contribution in [-0.4, -0.2) is 13.1 Å². The molecule has 0 bridgehead atoms. The van der Waals surface area contributed by atoms with Gasteiger partial charge in [0, 0.05) is 11.9 Å². The highest BCUT2D eigenvalue weighted by molar-refractivity contribution is 5.78. The molecule has 68 valence electrons. The van der Waals surface area contributed by atoms with Crippen molar-refractivity contribution in [3.63, 3.8) is 0 Å². The first-order valence-electron chi connectivity index (χ1n) is 4.10. The summed E-state index contributed by atoms with van der Waals surface area (Å²) in [6, 6.07) is 5.50. The number of hydrogen-bond acceptors (Lipinski definition) is 3. The Balaban J connectivity index is 2.34. The van der Waals surface area contributed by atoms with Gasteiger partial charge >= 0.3 is 0 Å². The lowest BCUT2D eigenvalue weighted by Crippen LogP contribution is -2.36. The van der Waals surface area contributed by atoms with Gasteiger partial charge < -0.3 is 14.6 Å². The molecule has 3 nitrogen and oxygen atoms in total. The van der Waals surface area contributed by atoms with Crippen molar-refractivity contribution in [2.75, 3.05) is 7.11 Å². The third-order valence-corrected chi connectivity index (χ3v) is 2.44. The number of benzene rings is 1. The van der Waals surface area contributed by atoms with E-state index >= 15 is 0 Å². The molecular weight excluding hydrogens is 168 g/mol. The molecule has 0 N–H and O–H groups in total. The van der Waals surface area contributed by atoms with E-state index in [-0.39, 0.29) is 0 Å². The van der Waals surface area contributed by atoms with E-state index < -0.39 is 11.9 Å². The Hall–Kier alpha value is -1.51. The Morgan fingerprint density at radius 1 is 1.62 bits per heavy atom. The van der Waals surface area contributed by atoms with E-state index in [0.29, 0.717) is 12.2 Å². The number of carbonyl (C=O) groups is 1. The molecule has 0 saturated carbocycles. The fraction of sp³-hybridized carbons (Fsp3) is 0.300. The number of carboxylic acid groups (broad SMARTS) is 1. The monoisotopic (exact) mass is 177 g/mol. The molecule has 0 spiro atoms. The summed E-state index contributed by atoms with van der Waals surface area (Å²) in [6.07, 6.45) is 0.585. The summed E-state index contributed by atoms with van der Waals surface area (Å²) in [4.78, 5) is 10.6. The number of methoxy groups -OCH3 is 1. The van der Waals surface area contributed by atoms with Gasteiger partial charge in [-0.25, -0.2) is 0 Å². The summed E-state index contributed by atoms with van der Waals surface area (Å²) >= 11 is 0. The van der Waals surface area contributed by atoms with E-state index in [1.165, 1.54) is 0 Å². The quantitative estimate of drug-likeness (QED) is 0.643. The zero-order valence-corrected chi connectivity index (χ0v) is 7.24. The first kappa shape index (κ1) is 8.10. The Morgan fingerprint density at radius 2 is 2.38 bits per heavy atom. The second kappa shape index (κ2) is 2.76. The second-order valence-electron chi connectivity index (χ2n) is 3.14. The normalized spacial score (nSPS) is 18.7. The Morgan fingerprint density at radius 3 is 3.00 bits per heavy atom. The minimum atomic E-state index is -0.999. The number of aliphatic carboxylic acids is 1. The fourth-order valence-electron chi connectivity index (χ4n) is 1.62. The number of ether oxygens (including phenoxy) is 1. The molecule has 0 heterocycles. The van der Waals surface area contributed by atoms with E-state index in [4.69, 9.17) is 4.74 Å². The zero-order chi connectivity index (χ0) is 9.42. The third-order valence-electron chi connectivity index (χ3n) is 2.44. The van der Waals surface area contributed by atoms with E-state index in [9.17, 15) is 9.90 Å². The molecule has 13 heavy (non-hydrogen) atoms. The maximum atomic E-state index is 10.6. The lowest BCUT2D eigenvalue weighted by molar-refractivity contribution is -0.308. The van der Waals surface area contributed by atoms with Crippen LogP contribution in [0.15, 0.2) is 18.2 Å². The van der Waals surface area contributed by atoms with Crippen molar-refractivity contribution in [3.05, 3.63) is 29.3 Å². The minimum absolute atomic E-state index is 0.440. The van der Waals surface area contributed by atoms with Gasteiger partial charge in [-0.1, -0.05) is 6.07 Å². The van der Waals surface area contributed by atoms with Gasteiger partial charge in [0.1, 0.15) is 5.75 Å². The molecule has 1 aliphatic rings. The van der Waals surface area contributed by atoms with Crippen molar-refractivity contribution in [2.24, 2.45) is 0 Å². The van der Waals surface area contributed by atoms with Crippen LogP contribution < -0.4 is 9.84 Å². The molecule has 0 unspecified atom stereocenters. The predicted molar refractivity (Wildman–Crippen MR) is 44.4 cm³/mol. The molecule has 0 amide bonds. The maximum absolute atomic E-state index is 10.6. The standard InChI is InChI=1S/C10H10O3/c1-13-7-3-2-6-4-9(10(11)12)8(6)5-7/h2-3,5,9H,4H2,1H3,(H,11,12)/p-1/t9-/m1/s1. The highest BCUT2D eigenvalue weighted by atomic mass is 16.5. The smallest absolute Gasteiger partial charge is 0.119 e. The van der Waals surface area contributed by atoms with Gasteiger partial charge in [0.25, 0.3) is 0 Å². The predicted octanol–water partition coefficient (Wildman–Crippen LogP) is 0.0848. The molecule has 1 aliphatic carbocycles. The molecule has 1 atom stereocenters. The van der Waals surface area contributed by atoms with Crippen LogP contribution in [0.5, 0.6) is 5.75 Å². The SMILES string of the molecule is COc1ccc2c(c1)[C@H](C(=O)[O-])C2. The third kappa shape index (κ3) is 1.16. The lowest BCUT2D eigenvalue weighted by atomic mass is 9.77. The molecule has 0 saturated heterocycles. The van der Waals surface area contributed by atoms with E-state index in [1.54, 1.807) is 13.2 Å². The van der Waals surface area contributed by atoms with Gasteiger partial charge in [0.2, 0.25) is 0 Å².